The fourth-order valence-corrected chi connectivity index (χ4v) is 4.45. The van der Waals surface area contributed by atoms with Crippen LogP contribution in [0.25, 0.3) is 34.4 Å². The van der Waals surface area contributed by atoms with E-state index in [-0.39, 0.29) is 29.3 Å². The van der Waals surface area contributed by atoms with Crippen molar-refractivity contribution in [1.82, 2.24) is 0 Å². The van der Waals surface area contributed by atoms with Gasteiger partial charge < -0.3 is 18.9 Å². The van der Waals surface area contributed by atoms with Crippen molar-refractivity contribution in [1.29, 1.82) is 0 Å². The number of ether oxygens (including phenoxy) is 4. The van der Waals surface area contributed by atoms with Gasteiger partial charge in [0.1, 0.15) is 19.0 Å². The summed E-state index contributed by atoms with van der Waals surface area (Å²) < 4.78 is 38.0. The van der Waals surface area contributed by atoms with Gasteiger partial charge in [0.2, 0.25) is 0 Å². The van der Waals surface area contributed by atoms with Crippen LogP contribution in [0.15, 0.2) is 127 Å². The highest BCUT2D eigenvalue weighted by Gasteiger charge is 2.15. The summed E-state index contributed by atoms with van der Waals surface area (Å²) in [7, 11) is 0. The summed E-state index contributed by atoms with van der Waals surface area (Å²) in [5.41, 5.74) is 4.83. The standard InChI is InChI=1S/C42H39FO6/c1-7-9-23-46-39-25-31(15-21-37(39)48-41(44)28(3)4)12-11-30-13-16-32(17-14-30)35-20-18-33(26-36(35)43)34-19-22-38(49-42(45)29(5)6)40(27-34)47-24-10-8-2/h7-22,25-27H,3,5,23-24H2,1-2,4,6H3/b9-7+,10-8+,12-11+. The smallest absolute Gasteiger partial charge is 0.338 e. The quantitative estimate of drug-likeness (QED) is 0.0442. The third-order valence-corrected chi connectivity index (χ3v) is 7.15. The highest BCUT2D eigenvalue weighted by atomic mass is 19.1. The second-order valence-corrected chi connectivity index (χ2v) is 11.1. The van der Waals surface area contributed by atoms with Crippen molar-refractivity contribution in [2.75, 3.05) is 13.2 Å². The molecule has 0 saturated carbocycles. The van der Waals surface area contributed by atoms with Gasteiger partial charge in [0, 0.05) is 16.7 Å². The summed E-state index contributed by atoms with van der Waals surface area (Å²) >= 11 is 0. The highest BCUT2D eigenvalue weighted by molar-refractivity contribution is 5.90. The first-order valence-corrected chi connectivity index (χ1v) is 15.7. The van der Waals surface area contributed by atoms with Gasteiger partial charge in [0.15, 0.2) is 23.0 Å². The number of allylic oxidation sites excluding steroid dienone is 2. The van der Waals surface area contributed by atoms with Crippen LogP contribution in [0.1, 0.15) is 38.8 Å². The van der Waals surface area contributed by atoms with Gasteiger partial charge in [-0.15, -0.1) is 0 Å². The van der Waals surface area contributed by atoms with E-state index in [9.17, 15) is 9.59 Å². The third kappa shape index (κ3) is 10.0. The Labute approximate surface area is 287 Å². The van der Waals surface area contributed by atoms with E-state index in [1.807, 2.05) is 86.7 Å². The molecule has 0 aromatic heterocycles. The van der Waals surface area contributed by atoms with Crippen LogP contribution in [0.2, 0.25) is 0 Å². The number of hydrogen-bond donors (Lipinski definition) is 0. The molecule has 0 radical (unpaired) electrons. The first-order valence-electron chi connectivity index (χ1n) is 15.7. The molecule has 0 spiro atoms. The average Bonchev–Trinajstić information content (AvgIpc) is 3.09. The normalized spacial score (nSPS) is 11.2. The Morgan fingerprint density at radius 2 is 1.08 bits per heavy atom. The number of benzene rings is 4. The Bertz CT molecular complexity index is 1930. The van der Waals surface area contributed by atoms with E-state index in [0.717, 1.165) is 16.7 Å². The molecule has 0 amide bonds. The molecule has 0 heterocycles. The Morgan fingerprint density at radius 1 is 0.612 bits per heavy atom. The fourth-order valence-electron chi connectivity index (χ4n) is 4.45. The lowest BCUT2D eigenvalue weighted by Gasteiger charge is -2.13. The van der Waals surface area contributed by atoms with Gasteiger partial charge in [-0.3, -0.25) is 0 Å². The SMILES string of the molecule is C=C(C)C(=O)Oc1ccc(/C=C/c2ccc(-c3ccc(-c4ccc(OC(=O)C(=C)C)c(OC/C=C/C)c4)cc3F)cc2)cc1OC/C=C/C. The van der Waals surface area contributed by atoms with Gasteiger partial charge in [-0.25, -0.2) is 14.0 Å². The molecule has 49 heavy (non-hydrogen) atoms. The van der Waals surface area contributed by atoms with Crippen LogP contribution >= 0.6 is 0 Å². The molecule has 7 heteroatoms. The van der Waals surface area contributed by atoms with Crippen LogP contribution in [0.3, 0.4) is 0 Å². The van der Waals surface area contributed by atoms with Gasteiger partial charge >= 0.3 is 11.9 Å². The lowest BCUT2D eigenvalue weighted by molar-refractivity contribution is -0.131. The summed E-state index contributed by atoms with van der Waals surface area (Å²) in [6, 6.07) is 23.0. The molecule has 0 saturated heterocycles. The predicted molar refractivity (Wildman–Crippen MR) is 194 cm³/mol. The minimum atomic E-state index is -0.558. The van der Waals surface area contributed by atoms with Crippen molar-refractivity contribution in [3.63, 3.8) is 0 Å². The Hall–Kier alpha value is -5.95. The number of halogens is 1. The van der Waals surface area contributed by atoms with E-state index >= 15 is 4.39 Å². The Balaban J connectivity index is 1.52. The fraction of sp³-hybridized carbons (Fsp3) is 0.143. The third-order valence-electron chi connectivity index (χ3n) is 7.15. The zero-order chi connectivity index (χ0) is 35.3. The molecule has 4 rings (SSSR count). The minimum Gasteiger partial charge on any atom is -0.486 e. The van der Waals surface area contributed by atoms with E-state index in [0.29, 0.717) is 40.5 Å². The monoisotopic (exact) mass is 658 g/mol. The Kier molecular flexibility index (Phi) is 12.7. The van der Waals surface area contributed by atoms with Crippen LogP contribution in [0.5, 0.6) is 23.0 Å². The number of rotatable bonds is 14. The van der Waals surface area contributed by atoms with E-state index in [4.69, 9.17) is 18.9 Å². The van der Waals surface area contributed by atoms with E-state index in [1.54, 1.807) is 50.2 Å². The van der Waals surface area contributed by atoms with Gasteiger partial charge in [-0.1, -0.05) is 98.1 Å². The maximum atomic E-state index is 15.5. The molecular formula is C42H39FO6. The maximum absolute atomic E-state index is 15.5. The van der Waals surface area contributed by atoms with Crippen LogP contribution in [0, 0.1) is 5.82 Å². The molecule has 0 N–H and O–H groups in total. The highest BCUT2D eigenvalue weighted by Crippen LogP contribution is 2.35. The van der Waals surface area contributed by atoms with Crippen molar-refractivity contribution in [3.8, 4) is 45.3 Å². The molecule has 4 aromatic carbocycles. The first kappa shape index (κ1) is 35.9. The van der Waals surface area contributed by atoms with E-state index in [2.05, 4.69) is 13.2 Å². The molecule has 0 aliphatic carbocycles. The topological polar surface area (TPSA) is 71.1 Å². The summed E-state index contributed by atoms with van der Waals surface area (Å²) in [5.74, 6) is -0.105. The zero-order valence-corrected chi connectivity index (χ0v) is 28.1. The molecule has 250 valence electrons. The molecule has 0 unspecified atom stereocenters. The molecule has 0 aliphatic rings. The van der Waals surface area contributed by atoms with Gasteiger partial charge in [-0.05, 0) is 85.8 Å². The molecule has 6 nitrogen and oxygen atoms in total. The predicted octanol–water partition coefficient (Wildman–Crippen LogP) is 10.2. The molecule has 0 bridgehead atoms. The average molecular weight is 659 g/mol. The summed E-state index contributed by atoms with van der Waals surface area (Å²) in [6.07, 6.45) is 11.3. The van der Waals surface area contributed by atoms with Crippen LogP contribution in [0.4, 0.5) is 4.39 Å². The lowest BCUT2D eigenvalue weighted by Crippen LogP contribution is -2.09. The van der Waals surface area contributed by atoms with Crippen LogP contribution < -0.4 is 18.9 Å². The lowest BCUT2D eigenvalue weighted by atomic mass is 9.98. The molecule has 0 atom stereocenters. The number of esters is 2. The van der Waals surface area contributed by atoms with Crippen LogP contribution in [-0.4, -0.2) is 25.2 Å². The molecular weight excluding hydrogens is 619 g/mol. The molecule has 4 aromatic rings. The maximum Gasteiger partial charge on any atom is 0.338 e. The summed E-state index contributed by atoms with van der Waals surface area (Å²) in [5, 5.41) is 0. The largest absolute Gasteiger partial charge is 0.486 e. The minimum absolute atomic E-state index is 0.256. The molecule has 0 fully saturated rings. The second kappa shape index (κ2) is 17.3. The van der Waals surface area contributed by atoms with Gasteiger partial charge in [0.05, 0.1) is 0 Å². The van der Waals surface area contributed by atoms with Crippen molar-refractivity contribution >= 4 is 24.1 Å². The zero-order valence-electron chi connectivity index (χ0n) is 28.1. The number of carbonyl (C=O) groups is 2. The summed E-state index contributed by atoms with van der Waals surface area (Å²) in [4.78, 5) is 24.2. The van der Waals surface area contributed by atoms with Crippen LogP contribution in [-0.2, 0) is 9.59 Å². The molecule has 0 aliphatic heterocycles. The van der Waals surface area contributed by atoms with Crippen molar-refractivity contribution in [2.24, 2.45) is 0 Å². The van der Waals surface area contributed by atoms with Crippen molar-refractivity contribution in [2.45, 2.75) is 27.7 Å². The van der Waals surface area contributed by atoms with Crippen molar-refractivity contribution < 1.29 is 32.9 Å². The number of hydrogen-bond acceptors (Lipinski definition) is 6. The number of carbonyl (C=O) groups excluding carboxylic acids is 2. The van der Waals surface area contributed by atoms with Crippen molar-refractivity contribution in [3.05, 3.63) is 144 Å². The van der Waals surface area contributed by atoms with E-state index < -0.39 is 11.9 Å². The second-order valence-electron chi connectivity index (χ2n) is 11.1. The van der Waals surface area contributed by atoms with Gasteiger partial charge in [-0.2, -0.15) is 0 Å². The van der Waals surface area contributed by atoms with Gasteiger partial charge in [0.25, 0.3) is 0 Å². The van der Waals surface area contributed by atoms with E-state index in [1.165, 1.54) is 6.07 Å². The summed E-state index contributed by atoms with van der Waals surface area (Å²) in [6.45, 7) is 14.8. The Morgan fingerprint density at radius 3 is 1.63 bits per heavy atom. The first-order chi connectivity index (χ1) is 23.6.